The summed E-state index contributed by atoms with van der Waals surface area (Å²) in [5.41, 5.74) is 1.66. The fourth-order valence-corrected chi connectivity index (χ4v) is 4.24. The standard InChI is InChI=1S/C17H12N2O2S2/c20-12(16-18-10-5-1-3-7-14(10)22-16)9-13(21)17-19-11-6-2-4-8-15(11)23-17/h1-8,12,20H,9H2. The van der Waals surface area contributed by atoms with E-state index in [4.69, 9.17) is 0 Å². The lowest BCUT2D eigenvalue weighted by Crippen LogP contribution is -2.06. The van der Waals surface area contributed by atoms with Gasteiger partial charge in [0.05, 0.1) is 20.4 Å². The van der Waals surface area contributed by atoms with Gasteiger partial charge in [-0.3, -0.25) is 4.79 Å². The van der Waals surface area contributed by atoms with Gasteiger partial charge in [0.1, 0.15) is 11.1 Å². The molecule has 0 saturated carbocycles. The maximum atomic E-state index is 12.4. The number of hydrogen-bond acceptors (Lipinski definition) is 6. The number of aliphatic hydroxyl groups is 1. The van der Waals surface area contributed by atoms with Crippen molar-refractivity contribution in [1.82, 2.24) is 9.97 Å². The Labute approximate surface area is 140 Å². The van der Waals surface area contributed by atoms with Gasteiger partial charge in [0, 0.05) is 6.42 Å². The van der Waals surface area contributed by atoms with E-state index in [9.17, 15) is 9.90 Å². The quantitative estimate of drug-likeness (QED) is 0.565. The Morgan fingerprint density at radius 2 is 1.57 bits per heavy atom. The highest BCUT2D eigenvalue weighted by molar-refractivity contribution is 7.20. The third-order valence-corrected chi connectivity index (χ3v) is 5.72. The number of aromatic nitrogens is 2. The summed E-state index contributed by atoms with van der Waals surface area (Å²) >= 11 is 2.78. The number of carbonyl (C=O) groups is 1. The van der Waals surface area contributed by atoms with Gasteiger partial charge >= 0.3 is 0 Å². The highest BCUT2D eigenvalue weighted by Gasteiger charge is 2.20. The molecule has 2 heterocycles. The van der Waals surface area contributed by atoms with E-state index in [1.54, 1.807) is 0 Å². The summed E-state index contributed by atoms with van der Waals surface area (Å²) in [6.07, 6.45) is -0.897. The Balaban J connectivity index is 1.57. The minimum Gasteiger partial charge on any atom is -0.385 e. The molecule has 0 radical (unpaired) electrons. The lowest BCUT2D eigenvalue weighted by molar-refractivity contribution is 0.0880. The average molecular weight is 340 g/mol. The number of fused-ring (bicyclic) bond motifs is 2. The molecule has 1 unspecified atom stereocenters. The van der Waals surface area contributed by atoms with Crippen LogP contribution in [0.2, 0.25) is 0 Å². The third kappa shape index (κ3) is 2.76. The van der Waals surface area contributed by atoms with Crippen LogP contribution in [-0.4, -0.2) is 20.9 Å². The fourth-order valence-electron chi connectivity index (χ4n) is 2.37. The van der Waals surface area contributed by atoms with Crippen molar-refractivity contribution in [3.05, 3.63) is 58.5 Å². The number of aliphatic hydroxyl groups excluding tert-OH is 1. The molecule has 23 heavy (non-hydrogen) atoms. The van der Waals surface area contributed by atoms with Gasteiger partial charge in [-0.15, -0.1) is 22.7 Å². The van der Waals surface area contributed by atoms with Gasteiger partial charge in [0.2, 0.25) is 0 Å². The number of carbonyl (C=O) groups excluding carboxylic acids is 1. The summed E-state index contributed by atoms with van der Waals surface area (Å²) < 4.78 is 1.99. The molecule has 4 nitrogen and oxygen atoms in total. The van der Waals surface area contributed by atoms with E-state index in [0.717, 1.165) is 20.4 Å². The number of ketones is 1. The molecule has 0 fully saturated rings. The smallest absolute Gasteiger partial charge is 0.194 e. The molecule has 114 valence electrons. The molecular formula is C17H12N2O2S2. The minimum atomic E-state index is -0.896. The Morgan fingerprint density at radius 1 is 0.957 bits per heavy atom. The summed E-state index contributed by atoms with van der Waals surface area (Å²) in [4.78, 5) is 21.1. The summed E-state index contributed by atoms with van der Waals surface area (Å²) in [6, 6.07) is 15.3. The van der Waals surface area contributed by atoms with E-state index >= 15 is 0 Å². The zero-order valence-corrected chi connectivity index (χ0v) is 13.6. The number of Topliss-reactive ketones (excluding diaryl/α,β-unsaturated/α-hetero) is 1. The molecule has 0 aliphatic heterocycles. The van der Waals surface area contributed by atoms with Crippen LogP contribution < -0.4 is 0 Å². The highest BCUT2D eigenvalue weighted by atomic mass is 32.1. The molecule has 4 aromatic rings. The zero-order chi connectivity index (χ0) is 15.8. The van der Waals surface area contributed by atoms with E-state index < -0.39 is 6.10 Å². The van der Waals surface area contributed by atoms with Crippen molar-refractivity contribution in [2.24, 2.45) is 0 Å². The van der Waals surface area contributed by atoms with Crippen LogP contribution in [0.15, 0.2) is 48.5 Å². The molecule has 0 aliphatic carbocycles. The van der Waals surface area contributed by atoms with Crippen LogP contribution in [-0.2, 0) is 0 Å². The molecule has 0 spiro atoms. The van der Waals surface area contributed by atoms with Crippen molar-refractivity contribution in [2.75, 3.05) is 0 Å². The van der Waals surface area contributed by atoms with E-state index in [1.165, 1.54) is 22.7 Å². The minimum absolute atomic E-state index is 0.000353. The van der Waals surface area contributed by atoms with Gasteiger partial charge < -0.3 is 5.11 Å². The largest absolute Gasteiger partial charge is 0.385 e. The highest BCUT2D eigenvalue weighted by Crippen LogP contribution is 2.30. The number of nitrogens with zero attached hydrogens (tertiary/aromatic N) is 2. The second-order valence-corrected chi connectivity index (χ2v) is 7.24. The molecule has 0 saturated heterocycles. The lowest BCUT2D eigenvalue weighted by atomic mass is 10.2. The summed E-state index contributed by atoms with van der Waals surface area (Å²) in [5, 5.41) is 11.3. The van der Waals surface area contributed by atoms with Crippen LogP contribution in [0.3, 0.4) is 0 Å². The van der Waals surface area contributed by atoms with Crippen molar-refractivity contribution >= 4 is 48.9 Å². The Bertz CT molecular complexity index is 940. The maximum Gasteiger partial charge on any atom is 0.194 e. The first-order chi connectivity index (χ1) is 11.2. The van der Waals surface area contributed by atoms with Crippen LogP contribution in [0.25, 0.3) is 20.4 Å². The van der Waals surface area contributed by atoms with Gasteiger partial charge in [-0.1, -0.05) is 24.3 Å². The Morgan fingerprint density at radius 3 is 2.22 bits per heavy atom. The van der Waals surface area contributed by atoms with Gasteiger partial charge in [0.25, 0.3) is 0 Å². The molecule has 0 amide bonds. The van der Waals surface area contributed by atoms with E-state index in [0.29, 0.717) is 10.0 Å². The SMILES string of the molecule is O=C(CC(O)c1nc2ccccc2s1)c1nc2ccccc2s1. The van der Waals surface area contributed by atoms with Gasteiger partial charge in [0.15, 0.2) is 10.8 Å². The Hall–Kier alpha value is -2.15. The summed E-state index contributed by atoms with van der Waals surface area (Å²) in [5.74, 6) is -0.155. The molecule has 0 aliphatic rings. The summed E-state index contributed by atoms with van der Waals surface area (Å²) in [6.45, 7) is 0. The van der Waals surface area contributed by atoms with Crippen molar-refractivity contribution in [2.45, 2.75) is 12.5 Å². The predicted octanol–water partition coefficient (Wildman–Crippen LogP) is 4.21. The number of para-hydroxylation sites is 2. The monoisotopic (exact) mass is 340 g/mol. The number of rotatable bonds is 4. The van der Waals surface area contributed by atoms with Gasteiger partial charge in [-0.25, -0.2) is 9.97 Å². The molecule has 0 bridgehead atoms. The Kier molecular flexibility index (Phi) is 3.65. The molecule has 1 atom stereocenters. The number of benzene rings is 2. The molecule has 2 aromatic carbocycles. The third-order valence-electron chi connectivity index (χ3n) is 3.51. The van der Waals surface area contributed by atoms with Crippen LogP contribution in [0, 0.1) is 0 Å². The van der Waals surface area contributed by atoms with E-state index in [2.05, 4.69) is 9.97 Å². The van der Waals surface area contributed by atoms with Crippen molar-refractivity contribution in [3.63, 3.8) is 0 Å². The summed E-state index contributed by atoms with van der Waals surface area (Å²) in [7, 11) is 0. The molecule has 6 heteroatoms. The van der Waals surface area contributed by atoms with E-state index in [1.807, 2.05) is 48.5 Å². The topological polar surface area (TPSA) is 63.1 Å². The second-order valence-electron chi connectivity index (χ2n) is 5.15. The van der Waals surface area contributed by atoms with E-state index in [-0.39, 0.29) is 12.2 Å². The number of hydrogen-bond donors (Lipinski definition) is 1. The molecule has 4 rings (SSSR count). The molecule has 1 N–H and O–H groups in total. The van der Waals surface area contributed by atoms with Crippen LogP contribution in [0.5, 0.6) is 0 Å². The van der Waals surface area contributed by atoms with Gasteiger partial charge in [-0.2, -0.15) is 0 Å². The van der Waals surface area contributed by atoms with Crippen LogP contribution >= 0.6 is 22.7 Å². The first-order valence-electron chi connectivity index (χ1n) is 7.13. The van der Waals surface area contributed by atoms with Crippen LogP contribution in [0.1, 0.15) is 27.3 Å². The van der Waals surface area contributed by atoms with Crippen LogP contribution in [0.4, 0.5) is 0 Å². The molecule has 2 aromatic heterocycles. The maximum absolute atomic E-state index is 12.4. The zero-order valence-electron chi connectivity index (χ0n) is 12.0. The van der Waals surface area contributed by atoms with Crippen molar-refractivity contribution in [3.8, 4) is 0 Å². The first kappa shape index (κ1) is 14.4. The van der Waals surface area contributed by atoms with Crippen molar-refractivity contribution < 1.29 is 9.90 Å². The average Bonchev–Trinajstić information content (AvgIpc) is 3.18. The first-order valence-corrected chi connectivity index (χ1v) is 8.76. The lowest BCUT2D eigenvalue weighted by Gasteiger charge is -2.04. The van der Waals surface area contributed by atoms with Gasteiger partial charge in [-0.05, 0) is 24.3 Å². The molecular weight excluding hydrogens is 328 g/mol. The second kappa shape index (κ2) is 5.81. The number of thiazole rings is 2. The fraction of sp³-hybridized carbons (Fsp3) is 0.118. The normalized spacial score (nSPS) is 12.7. The van der Waals surface area contributed by atoms with Crippen molar-refractivity contribution in [1.29, 1.82) is 0 Å². The predicted molar refractivity (Wildman–Crippen MR) is 93.1 cm³/mol.